The van der Waals surface area contributed by atoms with Crippen molar-refractivity contribution in [2.75, 3.05) is 5.32 Å². The summed E-state index contributed by atoms with van der Waals surface area (Å²) in [5.74, 6) is -0.808. The standard InChI is InChI=1S/C24H20N4O2/c1-16-7-13-20(14-8-16)28-15-21(22(27-28)17-5-3-2-4-6-17)24(30)26-19-11-9-18(10-12-19)23(25)29/h2-15H,1H3,(H2,25,29)(H,26,30). The van der Waals surface area contributed by atoms with Gasteiger partial charge in [0.15, 0.2) is 0 Å². The van der Waals surface area contributed by atoms with Crippen molar-refractivity contribution in [3.05, 3.63) is 102 Å². The molecule has 0 fully saturated rings. The molecule has 0 radical (unpaired) electrons. The van der Waals surface area contributed by atoms with Crippen molar-refractivity contribution in [3.8, 4) is 16.9 Å². The number of aromatic nitrogens is 2. The molecular formula is C24H20N4O2. The molecule has 0 aliphatic carbocycles. The number of primary amides is 1. The van der Waals surface area contributed by atoms with Gasteiger partial charge in [0, 0.05) is 23.0 Å². The molecule has 6 heteroatoms. The Bertz CT molecular complexity index is 1190. The number of aryl methyl sites for hydroxylation is 1. The second-order valence-electron chi connectivity index (χ2n) is 6.93. The van der Waals surface area contributed by atoms with Crippen LogP contribution in [0.5, 0.6) is 0 Å². The molecule has 0 spiro atoms. The van der Waals surface area contributed by atoms with E-state index < -0.39 is 5.91 Å². The van der Waals surface area contributed by atoms with Crippen molar-refractivity contribution in [2.45, 2.75) is 6.92 Å². The van der Waals surface area contributed by atoms with Crippen LogP contribution in [0.3, 0.4) is 0 Å². The van der Waals surface area contributed by atoms with Crippen molar-refractivity contribution in [2.24, 2.45) is 5.73 Å². The molecule has 0 saturated carbocycles. The van der Waals surface area contributed by atoms with Crippen LogP contribution in [-0.2, 0) is 0 Å². The monoisotopic (exact) mass is 396 g/mol. The number of nitrogens with zero attached hydrogens (tertiary/aromatic N) is 2. The van der Waals surface area contributed by atoms with Gasteiger partial charge in [-0.2, -0.15) is 5.10 Å². The van der Waals surface area contributed by atoms with Crippen molar-refractivity contribution in [3.63, 3.8) is 0 Å². The van der Waals surface area contributed by atoms with E-state index in [1.807, 2.05) is 61.5 Å². The first-order chi connectivity index (χ1) is 14.5. The van der Waals surface area contributed by atoms with Crippen LogP contribution in [0.2, 0.25) is 0 Å². The van der Waals surface area contributed by atoms with E-state index in [4.69, 9.17) is 5.73 Å². The largest absolute Gasteiger partial charge is 0.366 e. The number of anilines is 1. The minimum absolute atomic E-state index is 0.293. The summed E-state index contributed by atoms with van der Waals surface area (Å²) in [7, 11) is 0. The van der Waals surface area contributed by atoms with E-state index in [1.165, 1.54) is 0 Å². The van der Waals surface area contributed by atoms with Gasteiger partial charge in [-0.05, 0) is 43.3 Å². The molecule has 0 atom stereocenters. The molecule has 6 nitrogen and oxygen atoms in total. The van der Waals surface area contributed by atoms with E-state index in [-0.39, 0.29) is 5.91 Å². The van der Waals surface area contributed by atoms with Crippen molar-refractivity contribution in [1.29, 1.82) is 0 Å². The van der Waals surface area contributed by atoms with Crippen LogP contribution in [0.1, 0.15) is 26.3 Å². The molecule has 30 heavy (non-hydrogen) atoms. The highest BCUT2D eigenvalue weighted by atomic mass is 16.2. The van der Waals surface area contributed by atoms with Gasteiger partial charge < -0.3 is 11.1 Å². The van der Waals surface area contributed by atoms with E-state index in [1.54, 1.807) is 35.1 Å². The number of rotatable bonds is 5. The zero-order valence-electron chi connectivity index (χ0n) is 16.4. The van der Waals surface area contributed by atoms with Gasteiger partial charge in [-0.1, -0.05) is 48.0 Å². The van der Waals surface area contributed by atoms with Crippen molar-refractivity contribution >= 4 is 17.5 Å². The molecule has 3 N–H and O–H groups in total. The highest BCUT2D eigenvalue weighted by Gasteiger charge is 2.19. The molecule has 4 rings (SSSR count). The maximum absolute atomic E-state index is 13.1. The predicted molar refractivity (Wildman–Crippen MR) is 117 cm³/mol. The third-order valence-corrected chi connectivity index (χ3v) is 4.73. The molecule has 0 bridgehead atoms. The fourth-order valence-corrected chi connectivity index (χ4v) is 3.10. The molecule has 0 aliphatic heterocycles. The second-order valence-corrected chi connectivity index (χ2v) is 6.93. The molecule has 1 aromatic heterocycles. The van der Waals surface area contributed by atoms with Gasteiger partial charge in [0.25, 0.3) is 5.91 Å². The topological polar surface area (TPSA) is 90.0 Å². The number of hydrogen-bond donors (Lipinski definition) is 2. The first-order valence-corrected chi connectivity index (χ1v) is 9.44. The summed E-state index contributed by atoms with van der Waals surface area (Å²) in [5, 5.41) is 7.54. The lowest BCUT2D eigenvalue weighted by Gasteiger charge is -2.06. The van der Waals surface area contributed by atoms with E-state index in [0.717, 1.165) is 16.8 Å². The van der Waals surface area contributed by atoms with Gasteiger partial charge in [-0.15, -0.1) is 0 Å². The van der Waals surface area contributed by atoms with E-state index in [9.17, 15) is 9.59 Å². The molecular weight excluding hydrogens is 376 g/mol. The molecule has 0 unspecified atom stereocenters. The van der Waals surface area contributed by atoms with Gasteiger partial charge in [-0.3, -0.25) is 9.59 Å². The van der Waals surface area contributed by atoms with Crippen LogP contribution >= 0.6 is 0 Å². The minimum atomic E-state index is -0.515. The average molecular weight is 396 g/mol. The van der Waals surface area contributed by atoms with Crippen LogP contribution in [0.25, 0.3) is 16.9 Å². The van der Waals surface area contributed by atoms with Crippen LogP contribution < -0.4 is 11.1 Å². The zero-order chi connectivity index (χ0) is 21.1. The summed E-state index contributed by atoms with van der Waals surface area (Å²) in [5.41, 5.74) is 10.1. The van der Waals surface area contributed by atoms with Gasteiger partial charge in [-0.25, -0.2) is 4.68 Å². The summed E-state index contributed by atoms with van der Waals surface area (Å²) in [4.78, 5) is 24.3. The normalized spacial score (nSPS) is 10.6. The van der Waals surface area contributed by atoms with Crippen LogP contribution in [0.4, 0.5) is 5.69 Å². The third kappa shape index (κ3) is 3.98. The summed E-state index contributed by atoms with van der Waals surface area (Å²) in [6.45, 7) is 2.02. The lowest BCUT2D eigenvalue weighted by molar-refractivity contribution is 0.0998. The van der Waals surface area contributed by atoms with Gasteiger partial charge in [0.05, 0.1) is 11.3 Å². The van der Waals surface area contributed by atoms with Crippen LogP contribution in [0.15, 0.2) is 85.1 Å². The number of amides is 2. The lowest BCUT2D eigenvalue weighted by atomic mass is 10.1. The third-order valence-electron chi connectivity index (χ3n) is 4.73. The van der Waals surface area contributed by atoms with Gasteiger partial charge >= 0.3 is 0 Å². The average Bonchev–Trinajstić information content (AvgIpc) is 3.21. The SMILES string of the molecule is Cc1ccc(-n2cc(C(=O)Nc3ccc(C(N)=O)cc3)c(-c3ccccc3)n2)cc1. The Balaban J connectivity index is 1.70. The van der Waals surface area contributed by atoms with Gasteiger partial charge in [0.1, 0.15) is 5.69 Å². The number of benzene rings is 3. The maximum Gasteiger partial charge on any atom is 0.259 e. The fourth-order valence-electron chi connectivity index (χ4n) is 3.10. The lowest BCUT2D eigenvalue weighted by Crippen LogP contribution is -2.13. The fraction of sp³-hybridized carbons (Fsp3) is 0.0417. The molecule has 0 saturated heterocycles. The summed E-state index contributed by atoms with van der Waals surface area (Å²) in [6, 6.07) is 23.9. The Morgan fingerprint density at radius 3 is 2.20 bits per heavy atom. The minimum Gasteiger partial charge on any atom is -0.366 e. The Morgan fingerprint density at radius 2 is 1.57 bits per heavy atom. The summed E-state index contributed by atoms with van der Waals surface area (Å²) < 4.78 is 1.70. The van der Waals surface area contributed by atoms with Crippen LogP contribution in [-0.4, -0.2) is 21.6 Å². The number of nitrogens with two attached hydrogens (primary N) is 1. The summed E-state index contributed by atoms with van der Waals surface area (Å²) in [6.07, 6.45) is 1.72. The maximum atomic E-state index is 13.1. The van der Waals surface area contributed by atoms with Crippen molar-refractivity contribution in [1.82, 2.24) is 9.78 Å². The Labute approximate surface area is 174 Å². The van der Waals surface area contributed by atoms with Crippen LogP contribution in [0, 0.1) is 6.92 Å². The number of carbonyl (C=O) groups excluding carboxylic acids is 2. The zero-order valence-corrected chi connectivity index (χ0v) is 16.4. The van der Waals surface area contributed by atoms with E-state index in [2.05, 4.69) is 10.4 Å². The molecule has 1 heterocycles. The van der Waals surface area contributed by atoms with Crippen molar-refractivity contribution < 1.29 is 9.59 Å². The van der Waals surface area contributed by atoms with E-state index in [0.29, 0.717) is 22.5 Å². The highest BCUT2D eigenvalue weighted by Crippen LogP contribution is 2.25. The Hall–Kier alpha value is -4.19. The first-order valence-electron chi connectivity index (χ1n) is 9.44. The Kier molecular flexibility index (Phi) is 5.13. The summed E-state index contributed by atoms with van der Waals surface area (Å²) >= 11 is 0. The quantitative estimate of drug-likeness (QED) is 0.530. The molecule has 148 valence electrons. The Morgan fingerprint density at radius 1 is 0.900 bits per heavy atom. The number of hydrogen-bond acceptors (Lipinski definition) is 3. The smallest absolute Gasteiger partial charge is 0.259 e. The molecule has 0 aliphatic rings. The number of nitrogens with one attached hydrogen (secondary N) is 1. The molecule has 2 amide bonds. The predicted octanol–water partition coefficient (Wildman–Crippen LogP) is 4.20. The number of carbonyl (C=O) groups is 2. The molecule has 3 aromatic carbocycles. The first kappa shape index (κ1) is 19.1. The highest BCUT2D eigenvalue weighted by molar-refractivity contribution is 6.08. The second kappa shape index (κ2) is 8.05. The van der Waals surface area contributed by atoms with Gasteiger partial charge in [0.2, 0.25) is 5.91 Å². The molecule has 4 aromatic rings. The van der Waals surface area contributed by atoms with E-state index >= 15 is 0 Å².